The first-order chi connectivity index (χ1) is 14.8. The number of aliphatic hydroxyl groups is 1. The summed E-state index contributed by atoms with van der Waals surface area (Å²) in [5.41, 5.74) is -0.828. The van der Waals surface area contributed by atoms with Crippen LogP contribution in [0.15, 0.2) is 23.8 Å². The molecule has 3 fully saturated rings. The van der Waals surface area contributed by atoms with Gasteiger partial charge in [0.2, 0.25) is 5.78 Å². The van der Waals surface area contributed by atoms with Gasteiger partial charge in [-0.2, -0.15) is 0 Å². The lowest BCUT2D eigenvalue weighted by Gasteiger charge is -2.57. The topological polar surface area (TPSA) is 80.7 Å². The number of Topliss-reactive ketones (excluding diaryl/α,β-unsaturated/α-hetero) is 1. The number of ether oxygens (including phenoxy) is 1. The number of esters is 1. The van der Waals surface area contributed by atoms with Crippen molar-refractivity contribution < 1.29 is 28.7 Å². The summed E-state index contributed by atoms with van der Waals surface area (Å²) in [5.74, 6) is 0.386. The van der Waals surface area contributed by atoms with E-state index in [0.29, 0.717) is 22.7 Å². The molecule has 0 radical (unpaired) electrons. The van der Waals surface area contributed by atoms with Crippen molar-refractivity contribution in [1.29, 1.82) is 0 Å². The van der Waals surface area contributed by atoms with Crippen LogP contribution in [0, 0.1) is 28.6 Å². The molecule has 6 nitrogen and oxygen atoms in total. The fraction of sp³-hybridized carbons (Fsp3) is 0.731. The van der Waals surface area contributed by atoms with Gasteiger partial charge < -0.3 is 14.3 Å². The largest absolute Gasteiger partial charge is 0.453 e. The molecular formula is C26H38NO5+. The second kappa shape index (κ2) is 7.63. The minimum absolute atomic E-state index is 0.0808. The van der Waals surface area contributed by atoms with Crippen molar-refractivity contribution in [3.8, 4) is 0 Å². The summed E-state index contributed by atoms with van der Waals surface area (Å²) in [6, 6.07) is 0. The summed E-state index contributed by atoms with van der Waals surface area (Å²) in [5, 5.41) is 11.7. The van der Waals surface area contributed by atoms with Crippen LogP contribution in [0.25, 0.3) is 0 Å². The Bertz CT molecular complexity index is 898. The highest BCUT2D eigenvalue weighted by molar-refractivity contribution is 6.01. The van der Waals surface area contributed by atoms with Crippen LogP contribution in [-0.4, -0.2) is 67.0 Å². The zero-order chi connectivity index (χ0) is 23.5. The van der Waals surface area contributed by atoms with Gasteiger partial charge in [0.15, 0.2) is 18.9 Å². The van der Waals surface area contributed by atoms with Crippen LogP contribution in [0.5, 0.6) is 0 Å². The molecule has 6 atom stereocenters. The van der Waals surface area contributed by atoms with Crippen molar-refractivity contribution in [3.05, 3.63) is 23.8 Å². The summed E-state index contributed by atoms with van der Waals surface area (Å²) in [6.45, 7) is 4.14. The molecule has 0 spiro atoms. The Morgan fingerprint density at radius 2 is 1.81 bits per heavy atom. The molecule has 1 N–H and O–H groups in total. The number of quaternary nitrogens is 1. The number of carbonyl (C=O) groups excluding carboxylic acids is 3. The lowest BCUT2D eigenvalue weighted by molar-refractivity contribution is -0.862. The van der Waals surface area contributed by atoms with Gasteiger partial charge in [0, 0.05) is 10.8 Å². The Hall–Kier alpha value is -1.79. The normalized spacial score (nSPS) is 40.8. The number of nitrogens with zero attached hydrogens (tertiary/aromatic N) is 1. The lowest BCUT2D eigenvalue weighted by Crippen LogP contribution is -2.58. The van der Waals surface area contributed by atoms with E-state index < -0.39 is 17.0 Å². The van der Waals surface area contributed by atoms with Gasteiger partial charge in [-0.1, -0.05) is 25.5 Å². The number of fused-ring (bicyclic) bond motifs is 5. The smallest absolute Gasteiger partial charge is 0.362 e. The van der Waals surface area contributed by atoms with Crippen molar-refractivity contribution in [1.82, 2.24) is 0 Å². The molecule has 4 aliphatic carbocycles. The highest BCUT2D eigenvalue weighted by Gasteiger charge is 2.66. The monoisotopic (exact) mass is 444 g/mol. The van der Waals surface area contributed by atoms with Gasteiger partial charge in [0.05, 0.1) is 21.1 Å². The van der Waals surface area contributed by atoms with E-state index in [-0.39, 0.29) is 36.1 Å². The Kier molecular flexibility index (Phi) is 5.57. The number of rotatable bonds is 5. The van der Waals surface area contributed by atoms with Gasteiger partial charge >= 0.3 is 5.97 Å². The number of ketones is 2. The van der Waals surface area contributed by atoms with Crippen LogP contribution in [0.4, 0.5) is 0 Å². The maximum absolute atomic E-state index is 13.2. The van der Waals surface area contributed by atoms with Gasteiger partial charge in [-0.05, 0) is 68.4 Å². The lowest BCUT2D eigenvalue weighted by atomic mass is 9.47. The third-order valence-corrected chi connectivity index (χ3v) is 9.14. The molecule has 4 aliphatic rings. The van der Waals surface area contributed by atoms with E-state index in [9.17, 15) is 19.5 Å². The third-order valence-electron chi connectivity index (χ3n) is 9.14. The molecule has 3 saturated carbocycles. The van der Waals surface area contributed by atoms with Gasteiger partial charge in [-0.15, -0.1) is 0 Å². The van der Waals surface area contributed by atoms with E-state index in [0.717, 1.165) is 32.1 Å². The van der Waals surface area contributed by atoms with E-state index >= 15 is 0 Å². The Labute approximate surface area is 191 Å². The van der Waals surface area contributed by atoms with Crippen LogP contribution in [0.2, 0.25) is 0 Å². The molecular weight excluding hydrogens is 406 g/mol. The second-order valence-corrected chi connectivity index (χ2v) is 12.0. The van der Waals surface area contributed by atoms with Crippen molar-refractivity contribution in [2.24, 2.45) is 28.6 Å². The van der Waals surface area contributed by atoms with Gasteiger partial charge in [0.25, 0.3) is 0 Å². The SMILES string of the molecule is CC12C=CC(=O)C=C1CCC1C2CCC2(C)C1CC[C@]2(O)C(=O)COC(=O)C[N+](C)(C)C. The molecule has 176 valence electrons. The fourth-order valence-electron chi connectivity index (χ4n) is 7.37. The van der Waals surface area contributed by atoms with Crippen molar-refractivity contribution in [2.45, 2.75) is 58.0 Å². The highest BCUT2D eigenvalue weighted by atomic mass is 16.5. The molecule has 0 aromatic carbocycles. The second-order valence-electron chi connectivity index (χ2n) is 12.0. The van der Waals surface area contributed by atoms with Crippen LogP contribution < -0.4 is 0 Å². The maximum atomic E-state index is 13.2. The van der Waals surface area contributed by atoms with Crippen molar-refractivity contribution in [2.75, 3.05) is 34.3 Å². The molecule has 0 aromatic heterocycles. The van der Waals surface area contributed by atoms with Crippen molar-refractivity contribution in [3.63, 3.8) is 0 Å². The highest BCUT2D eigenvalue weighted by Crippen LogP contribution is 2.67. The Morgan fingerprint density at radius 3 is 2.50 bits per heavy atom. The first kappa shape index (κ1) is 23.4. The molecule has 32 heavy (non-hydrogen) atoms. The van der Waals surface area contributed by atoms with E-state index in [1.54, 1.807) is 6.08 Å². The minimum atomic E-state index is -1.45. The molecule has 0 heterocycles. The summed E-state index contributed by atoms with van der Waals surface area (Å²) < 4.78 is 5.70. The van der Waals surface area contributed by atoms with Crippen LogP contribution >= 0.6 is 0 Å². The third kappa shape index (κ3) is 3.60. The molecule has 5 unspecified atom stereocenters. The molecule has 4 rings (SSSR count). The van der Waals surface area contributed by atoms with E-state index in [4.69, 9.17) is 4.74 Å². The van der Waals surface area contributed by atoms with Crippen LogP contribution in [0.1, 0.15) is 52.4 Å². The number of hydrogen-bond acceptors (Lipinski definition) is 5. The zero-order valence-corrected chi connectivity index (χ0v) is 20.1. The zero-order valence-electron chi connectivity index (χ0n) is 20.1. The van der Waals surface area contributed by atoms with Crippen LogP contribution in [0.3, 0.4) is 0 Å². The summed E-state index contributed by atoms with van der Waals surface area (Å²) >= 11 is 0. The van der Waals surface area contributed by atoms with E-state index in [1.807, 2.05) is 27.2 Å². The molecule has 6 heteroatoms. The van der Waals surface area contributed by atoms with E-state index in [2.05, 4.69) is 19.9 Å². The minimum Gasteiger partial charge on any atom is -0.453 e. The molecule has 0 aromatic rings. The molecule has 0 amide bonds. The fourth-order valence-corrected chi connectivity index (χ4v) is 7.37. The van der Waals surface area contributed by atoms with E-state index in [1.165, 1.54) is 5.57 Å². The molecule has 0 bridgehead atoms. The predicted molar refractivity (Wildman–Crippen MR) is 120 cm³/mol. The quantitative estimate of drug-likeness (QED) is 0.521. The van der Waals surface area contributed by atoms with Gasteiger partial charge in [0.1, 0.15) is 5.60 Å². The Morgan fingerprint density at radius 1 is 1.12 bits per heavy atom. The number of allylic oxidation sites excluding steroid dienone is 4. The number of carbonyl (C=O) groups is 3. The molecule has 0 saturated heterocycles. The number of likely N-dealkylation sites (N-methyl/N-ethyl adjacent to an activating group) is 1. The van der Waals surface area contributed by atoms with Crippen molar-refractivity contribution >= 4 is 17.5 Å². The first-order valence-electron chi connectivity index (χ1n) is 12.0. The number of hydrogen-bond donors (Lipinski definition) is 1. The molecule has 0 aliphatic heterocycles. The standard InChI is InChI=1S/C26H38NO5/c1-24-11-8-18(28)14-17(24)6-7-19-20(24)9-12-25(2)21(19)10-13-26(25,31)22(29)16-32-23(30)15-27(3,4)5/h8,11,14,19-21,31H,6-7,9-10,12-13,15-16H2,1-5H3/q+1/t19?,20?,21?,24?,25?,26-/m0/s1. The summed E-state index contributed by atoms with van der Waals surface area (Å²) in [7, 11) is 5.67. The summed E-state index contributed by atoms with van der Waals surface area (Å²) in [4.78, 5) is 37.2. The average Bonchev–Trinajstić information content (AvgIpc) is 2.97. The van der Waals surface area contributed by atoms with Gasteiger partial charge in [-0.25, -0.2) is 4.79 Å². The Balaban J connectivity index is 1.51. The average molecular weight is 445 g/mol. The predicted octanol–water partition coefficient (Wildman–Crippen LogP) is 2.84. The first-order valence-corrected chi connectivity index (χ1v) is 12.0. The maximum Gasteiger partial charge on any atom is 0.362 e. The van der Waals surface area contributed by atoms with Gasteiger partial charge in [-0.3, -0.25) is 9.59 Å². The van der Waals surface area contributed by atoms with Crippen LogP contribution in [-0.2, 0) is 19.1 Å². The summed E-state index contributed by atoms with van der Waals surface area (Å²) in [6.07, 6.45) is 10.4.